The number of rotatable bonds is 3. The van der Waals surface area contributed by atoms with Crippen LogP contribution in [0.4, 0.5) is 0 Å². The highest BCUT2D eigenvalue weighted by Gasteiger charge is 1.96. The summed E-state index contributed by atoms with van der Waals surface area (Å²) in [5.74, 6) is 1.90. The molecule has 0 aliphatic heterocycles. The van der Waals surface area contributed by atoms with E-state index in [1.807, 2.05) is 48.3 Å². The zero-order chi connectivity index (χ0) is 9.10. The molecule has 2 heterocycles. The van der Waals surface area contributed by atoms with Gasteiger partial charge in [-0.3, -0.25) is 4.68 Å². The van der Waals surface area contributed by atoms with Crippen LogP contribution in [0.25, 0.3) is 0 Å². The molecular weight excluding hydrogens is 164 g/mol. The summed E-state index contributed by atoms with van der Waals surface area (Å²) in [6, 6.07) is 7.89. The van der Waals surface area contributed by atoms with Crippen LogP contribution in [0.15, 0.2) is 41.1 Å². The van der Waals surface area contributed by atoms with Crippen LogP contribution < -0.4 is 5.43 Å². The predicted molar refractivity (Wildman–Crippen MR) is 50.9 cm³/mol. The number of aromatic nitrogens is 1. The fourth-order valence-corrected chi connectivity index (χ4v) is 1.19. The fourth-order valence-electron chi connectivity index (χ4n) is 1.19. The second kappa shape index (κ2) is 3.39. The standard InChI is InChI=1S/C10H12N2O/c1-9-4-5-10(13-9)8-11-12-6-2-3-7-12/h2-7,11H,8H2,1H3. The van der Waals surface area contributed by atoms with Gasteiger partial charge in [0.05, 0.1) is 6.54 Å². The van der Waals surface area contributed by atoms with Crippen LogP contribution in [-0.4, -0.2) is 4.68 Å². The minimum absolute atomic E-state index is 0.711. The van der Waals surface area contributed by atoms with E-state index in [-0.39, 0.29) is 0 Å². The Bertz CT molecular complexity index is 362. The van der Waals surface area contributed by atoms with Gasteiger partial charge < -0.3 is 9.84 Å². The topological polar surface area (TPSA) is 30.1 Å². The molecule has 0 bridgehead atoms. The average molecular weight is 176 g/mol. The molecule has 3 nitrogen and oxygen atoms in total. The minimum Gasteiger partial charge on any atom is -0.464 e. The Morgan fingerprint density at radius 3 is 2.69 bits per heavy atom. The first kappa shape index (κ1) is 7.98. The first-order valence-electron chi connectivity index (χ1n) is 4.27. The van der Waals surface area contributed by atoms with E-state index < -0.39 is 0 Å². The second-order valence-electron chi connectivity index (χ2n) is 2.94. The van der Waals surface area contributed by atoms with Crippen LogP contribution >= 0.6 is 0 Å². The Labute approximate surface area is 77.0 Å². The molecule has 2 aromatic rings. The highest BCUT2D eigenvalue weighted by atomic mass is 16.3. The molecule has 0 aliphatic carbocycles. The van der Waals surface area contributed by atoms with E-state index in [0.29, 0.717) is 6.54 Å². The molecule has 0 saturated carbocycles. The van der Waals surface area contributed by atoms with Crippen LogP contribution in [0.1, 0.15) is 11.5 Å². The number of nitrogens with zero attached hydrogens (tertiary/aromatic N) is 1. The molecule has 0 fully saturated rings. The summed E-state index contributed by atoms with van der Waals surface area (Å²) in [5, 5.41) is 0. The van der Waals surface area contributed by atoms with Crippen LogP contribution in [0, 0.1) is 6.92 Å². The van der Waals surface area contributed by atoms with Gasteiger partial charge in [-0.2, -0.15) is 0 Å². The molecule has 0 spiro atoms. The summed E-state index contributed by atoms with van der Waals surface area (Å²) in [5.41, 5.74) is 3.18. The highest BCUT2D eigenvalue weighted by molar-refractivity contribution is 5.07. The van der Waals surface area contributed by atoms with Gasteiger partial charge in [-0.1, -0.05) is 0 Å². The Morgan fingerprint density at radius 2 is 2.08 bits per heavy atom. The maximum atomic E-state index is 5.41. The van der Waals surface area contributed by atoms with E-state index in [2.05, 4.69) is 5.43 Å². The van der Waals surface area contributed by atoms with Crippen molar-refractivity contribution in [3.8, 4) is 0 Å². The SMILES string of the molecule is Cc1ccc(CNn2cccc2)o1. The lowest BCUT2D eigenvalue weighted by Crippen LogP contribution is -2.11. The molecule has 68 valence electrons. The first-order chi connectivity index (χ1) is 6.34. The average Bonchev–Trinajstić information content (AvgIpc) is 2.71. The Hall–Kier alpha value is -1.64. The fraction of sp³-hybridized carbons (Fsp3) is 0.200. The lowest BCUT2D eigenvalue weighted by atomic mass is 10.4. The smallest absolute Gasteiger partial charge is 0.124 e. The number of hydrogen-bond acceptors (Lipinski definition) is 2. The van der Waals surface area contributed by atoms with Crippen molar-refractivity contribution in [3.05, 3.63) is 48.2 Å². The molecule has 13 heavy (non-hydrogen) atoms. The van der Waals surface area contributed by atoms with Crippen LogP contribution in [-0.2, 0) is 6.54 Å². The van der Waals surface area contributed by atoms with Crippen molar-refractivity contribution < 1.29 is 4.42 Å². The van der Waals surface area contributed by atoms with Crippen LogP contribution in [0.3, 0.4) is 0 Å². The lowest BCUT2D eigenvalue weighted by molar-refractivity contribution is 0.484. The zero-order valence-electron chi connectivity index (χ0n) is 7.53. The molecule has 3 heteroatoms. The number of nitrogens with one attached hydrogen (secondary N) is 1. The van der Waals surface area contributed by atoms with E-state index in [1.165, 1.54) is 0 Å². The third-order valence-electron chi connectivity index (χ3n) is 1.84. The zero-order valence-corrected chi connectivity index (χ0v) is 7.53. The van der Waals surface area contributed by atoms with Gasteiger partial charge in [0.15, 0.2) is 0 Å². The maximum Gasteiger partial charge on any atom is 0.124 e. The number of furan rings is 1. The summed E-state index contributed by atoms with van der Waals surface area (Å²) in [7, 11) is 0. The monoisotopic (exact) mass is 176 g/mol. The van der Waals surface area contributed by atoms with E-state index in [1.54, 1.807) is 0 Å². The number of hydrogen-bond donors (Lipinski definition) is 1. The molecular formula is C10H12N2O. The van der Waals surface area contributed by atoms with E-state index in [0.717, 1.165) is 11.5 Å². The van der Waals surface area contributed by atoms with E-state index in [9.17, 15) is 0 Å². The van der Waals surface area contributed by atoms with Gasteiger partial charge in [0.25, 0.3) is 0 Å². The lowest BCUT2D eigenvalue weighted by Gasteiger charge is -2.04. The van der Waals surface area contributed by atoms with Crippen molar-refractivity contribution in [3.63, 3.8) is 0 Å². The predicted octanol–water partition coefficient (Wildman–Crippen LogP) is 2.13. The molecule has 0 radical (unpaired) electrons. The quantitative estimate of drug-likeness (QED) is 0.776. The van der Waals surface area contributed by atoms with Crippen molar-refractivity contribution in [1.29, 1.82) is 0 Å². The van der Waals surface area contributed by atoms with E-state index >= 15 is 0 Å². The summed E-state index contributed by atoms with van der Waals surface area (Å²) in [4.78, 5) is 0. The number of aryl methyl sites for hydroxylation is 1. The van der Waals surface area contributed by atoms with Gasteiger partial charge >= 0.3 is 0 Å². The van der Waals surface area contributed by atoms with Gasteiger partial charge in [-0.15, -0.1) is 0 Å². The summed E-state index contributed by atoms with van der Waals surface area (Å²) < 4.78 is 7.31. The summed E-state index contributed by atoms with van der Waals surface area (Å²) in [6.07, 6.45) is 3.91. The Balaban J connectivity index is 1.93. The summed E-state index contributed by atoms with van der Waals surface area (Å²) in [6.45, 7) is 2.65. The Morgan fingerprint density at radius 1 is 1.31 bits per heavy atom. The molecule has 0 saturated heterocycles. The first-order valence-corrected chi connectivity index (χ1v) is 4.27. The van der Waals surface area contributed by atoms with Gasteiger partial charge in [0, 0.05) is 12.4 Å². The Kier molecular flexibility index (Phi) is 2.08. The third kappa shape index (κ3) is 1.93. The molecule has 2 aromatic heterocycles. The van der Waals surface area contributed by atoms with Crippen molar-refractivity contribution in [1.82, 2.24) is 4.68 Å². The largest absolute Gasteiger partial charge is 0.464 e. The van der Waals surface area contributed by atoms with Crippen molar-refractivity contribution in [2.75, 3.05) is 5.43 Å². The minimum atomic E-state index is 0.711. The van der Waals surface area contributed by atoms with Gasteiger partial charge in [-0.25, -0.2) is 0 Å². The van der Waals surface area contributed by atoms with E-state index in [4.69, 9.17) is 4.42 Å². The van der Waals surface area contributed by atoms with Gasteiger partial charge in [0.2, 0.25) is 0 Å². The molecule has 0 unspecified atom stereocenters. The summed E-state index contributed by atoms with van der Waals surface area (Å²) >= 11 is 0. The molecule has 2 rings (SSSR count). The molecule has 0 aromatic carbocycles. The third-order valence-corrected chi connectivity index (χ3v) is 1.84. The highest BCUT2D eigenvalue weighted by Crippen LogP contribution is 2.05. The molecule has 1 N–H and O–H groups in total. The van der Waals surface area contributed by atoms with Crippen molar-refractivity contribution in [2.45, 2.75) is 13.5 Å². The van der Waals surface area contributed by atoms with Crippen LogP contribution in [0.5, 0.6) is 0 Å². The maximum absolute atomic E-state index is 5.41. The van der Waals surface area contributed by atoms with Crippen molar-refractivity contribution >= 4 is 0 Å². The van der Waals surface area contributed by atoms with Gasteiger partial charge in [0.1, 0.15) is 11.5 Å². The molecule has 0 aliphatic rings. The molecule has 0 amide bonds. The molecule has 0 atom stereocenters. The van der Waals surface area contributed by atoms with Crippen LogP contribution in [0.2, 0.25) is 0 Å². The normalized spacial score (nSPS) is 10.2. The van der Waals surface area contributed by atoms with Gasteiger partial charge in [-0.05, 0) is 31.2 Å². The second-order valence-corrected chi connectivity index (χ2v) is 2.94. The van der Waals surface area contributed by atoms with Crippen molar-refractivity contribution in [2.24, 2.45) is 0 Å².